The van der Waals surface area contributed by atoms with Gasteiger partial charge in [-0.05, 0) is 42.3 Å². The van der Waals surface area contributed by atoms with Gasteiger partial charge in [-0.25, -0.2) is 0 Å². The maximum Gasteiger partial charge on any atom is 0.253 e. The number of hydrogen-bond acceptors (Lipinski definition) is 4. The van der Waals surface area contributed by atoms with Crippen LogP contribution in [0.3, 0.4) is 0 Å². The number of nitriles is 1. The molecule has 0 aliphatic heterocycles. The Morgan fingerprint density at radius 2 is 1.92 bits per heavy atom. The summed E-state index contributed by atoms with van der Waals surface area (Å²) in [7, 11) is 0. The van der Waals surface area contributed by atoms with Crippen molar-refractivity contribution in [3.63, 3.8) is 0 Å². The fourth-order valence-electron chi connectivity index (χ4n) is 2.55. The van der Waals surface area contributed by atoms with E-state index in [4.69, 9.17) is 5.26 Å². The Morgan fingerprint density at radius 1 is 1.08 bits per heavy atom. The molecule has 1 amide bonds. The smallest absolute Gasteiger partial charge is 0.253 e. The third kappa shape index (κ3) is 4.25. The van der Waals surface area contributed by atoms with Crippen LogP contribution in [0.15, 0.2) is 67.0 Å². The summed E-state index contributed by atoms with van der Waals surface area (Å²) >= 11 is 0. The van der Waals surface area contributed by atoms with E-state index in [1.54, 1.807) is 30.5 Å². The Kier molecular flexibility index (Phi) is 5.25. The summed E-state index contributed by atoms with van der Waals surface area (Å²) in [4.78, 5) is 16.5. The molecule has 0 bridgehead atoms. The molecule has 2 aromatic carbocycles. The summed E-state index contributed by atoms with van der Waals surface area (Å²) < 4.78 is 0. The van der Waals surface area contributed by atoms with Gasteiger partial charge in [0.1, 0.15) is 0 Å². The highest BCUT2D eigenvalue weighted by Gasteiger charge is 2.08. The Bertz CT molecular complexity index is 975. The van der Waals surface area contributed by atoms with Crippen LogP contribution in [0.5, 0.6) is 0 Å². The molecule has 0 aliphatic carbocycles. The second-order valence-corrected chi connectivity index (χ2v) is 5.89. The first kappa shape index (κ1) is 17.2. The molecule has 0 saturated heterocycles. The van der Waals surface area contributed by atoms with Gasteiger partial charge in [-0.15, -0.1) is 0 Å². The lowest BCUT2D eigenvalue weighted by Crippen LogP contribution is -2.23. The molecular weight excluding hydrogens is 324 g/mol. The highest BCUT2D eigenvalue weighted by molar-refractivity contribution is 5.94. The Morgan fingerprint density at radius 3 is 2.73 bits per heavy atom. The van der Waals surface area contributed by atoms with Crippen molar-refractivity contribution >= 4 is 17.3 Å². The molecule has 0 aliphatic rings. The zero-order chi connectivity index (χ0) is 18.4. The van der Waals surface area contributed by atoms with Crippen LogP contribution in [0.25, 0.3) is 0 Å². The van der Waals surface area contributed by atoms with Crippen molar-refractivity contribution in [3.05, 3.63) is 89.2 Å². The van der Waals surface area contributed by atoms with E-state index in [1.807, 2.05) is 37.3 Å². The van der Waals surface area contributed by atoms with Gasteiger partial charge < -0.3 is 10.6 Å². The second-order valence-electron chi connectivity index (χ2n) is 5.89. The van der Waals surface area contributed by atoms with E-state index in [2.05, 4.69) is 21.7 Å². The maximum absolute atomic E-state index is 12.4. The van der Waals surface area contributed by atoms with Crippen LogP contribution in [0.4, 0.5) is 11.4 Å². The van der Waals surface area contributed by atoms with Crippen LogP contribution in [-0.2, 0) is 6.54 Å². The molecule has 0 unspecified atom stereocenters. The molecule has 3 aromatic rings. The Labute approximate surface area is 152 Å². The van der Waals surface area contributed by atoms with Crippen molar-refractivity contribution in [3.8, 4) is 6.07 Å². The number of amides is 1. The molecular formula is C21H18N4O. The van der Waals surface area contributed by atoms with Gasteiger partial charge in [-0.1, -0.05) is 30.3 Å². The van der Waals surface area contributed by atoms with E-state index < -0.39 is 0 Å². The highest BCUT2D eigenvalue weighted by Crippen LogP contribution is 2.18. The minimum Gasteiger partial charge on any atom is -0.354 e. The Hall–Kier alpha value is -3.65. The summed E-state index contributed by atoms with van der Waals surface area (Å²) in [6, 6.07) is 18.9. The SMILES string of the molecule is Cc1ccccc1CNC(=O)c1cncc(Nc2cccc(C#N)c2)c1. The fourth-order valence-corrected chi connectivity index (χ4v) is 2.55. The number of rotatable bonds is 5. The van der Waals surface area contributed by atoms with Crippen molar-refractivity contribution in [1.82, 2.24) is 10.3 Å². The largest absolute Gasteiger partial charge is 0.354 e. The molecule has 1 heterocycles. The van der Waals surface area contributed by atoms with E-state index in [9.17, 15) is 4.79 Å². The second kappa shape index (κ2) is 7.95. The van der Waals surface area contributed by atoms with Crippen molar-refractivity contribution in [2.75, 3.05) is 5.32 Å². The van der Waals surface area contributed by atoms with Crippen LogP contribution in [-0.4, -0.2) is 10.9 Å². The van der Waals surface area contributed by atoms with E-state index in [0.717, 1.165) is 16.8 Å². The number of anilines is 2. The van der Waals surface area contributed by atoms with Crippen LogP contribution < -0.4 is 10.6 Å². The van der Waals surface area contributed by atoms with E-state index in [0.29, 0.717) is 23.4 Å². The number of aryl methyl sites for hydroxylation is 1. The molecule has 5 nitrogen and oxygen atoms in total. The van der Waals surface area contributed by atoms with Gasteiger partial charge in [-0.2, -0.15) is 5.26 Å². The van der Waals surface area contributed by atoms with Gasteiger partial charge in [-0.3, -0.25) is 9.78 Å². The van der Waals surface area contributed by atoms with Crippen LogP contribution in [0.2, 0.25) is 0 Å². The number of pyridine rings is 1. The van der Waals surface area contributed by atoms with Gasteiger partial charge in [0.25, 0.3) is 5.91 Å². The summed E-state index contributed by atoms with van der Waals surface area (Å²) in [5.74, 6) is -0.185. The van der Waals surface area contributed by atoms with Gasteiger partial charge in [0.05, 0.1) is 29.1 Å². The molecule has 5 heteroatoms. The third-order valence-corrected chi connectivity index (χ3v) is 3.98. The molecule has 0 atom stereocenters. The van der Waals surface area contributed by atoms with Gasteiger partial charge >= 0.3 is 0 Å². The maximum atomic E-state index is 12.4. The standard InChI is InChI=1S/C21H18N4O/c1-15-5-2-3-7-17(15)13-24-21(26)18-10-20(14-23-12-18)25-19-8-4-6-16(9-19)11-22/h2-10,12,14,25H,13H2,1H3,(H,24,26). The van der Waals surface area contributed by atoms with Gasteiger partial charge in [0.15, 0.2) is 0 Å². The molecule has 26 heavy (non-hydrogen) atoms. The molecule has 0 radical (unpaired) electrons. The monoisotopic (exact) mass is 342 g/mol. The summed E-state index contributed by atoms with van der Waals surface area (Å²) in [5, 5.41) is 15.1. The van der Waals surface area contributed by atoms with Gasteiger partial charge in [0, 0.05) is 18.4 Å². The molecule has 2 N–H and O–H groups in total. The number of carbonyl (C=O) groups is 1. The summed E-state index contributed by atoms with van der Waals surface area (Å²) in [6.07, 6.45) is 3.17. The normalized spacial score (nSPS) is 10.0. The average Bonchev–Trinajstić information content (AvgIpc) is 2.67. The van der Waals surface area contributed by atoms with Crippen molar-refractivity contribution < 1.29 is 4.79 Å². The summed E-state index contributed by atoms with van der Waals surface area (Å²) in [5.41, 5.74) is 4.71. The first-order valence-corrected chi connectivity index (χ1v) is 8.20. The van der Waals surface area contributed by atoms with Crippen LogP contribution in [0.1, 0.15) is 27.0 Å². The number of hydrogen-bond donors (Lipinski definition) is 2. The lowest BCUT2D eigenvalue weighted by Gasteiger charge is -2.10. The lowest BCUT2D eigenvalue weighted by atomic mass is 10.1. The van der Waals surface area contributed by atoms with E-state index >= 15 is 0 Å². The number of nitrogens with one attached hydrogen (secondary N) is 2. The van der Waals surface area contributed by atoms with Crippen molar-refractivity contribution in [2.24, 2.45) is 0 Å². The summed E-state index contributed by atoms with van der Waals surface area (Å²) in [6.45, 7) is 2.48. The lowest BCUT2D eigenvalue weighted by molar-refractivity contribution is 0.0950. The fraction of sp³-hybridized carbons (Fsp3) is 0.0952. The minimum atomic E-state index is -0.185. The predicted molar refractivity (Wildman–Crippen MR) is 101 cm³/mol. The molecule has 3 rings (SSSR count). The number of carbonyl (C=O) groups excluding carboxylic acids is 1. The minimum absolute atomic E-state index is 0.185. The van der Waals surface area contributed by atoms with Crippen molar-refractivity contribution in [1.29, 1.82) is 5.26 Å². The van der Waals surface area contributed by atoms with Crippen LogP contribution >= 0.6 is 0 Å². The highest BCUT2D eigenvalue weighted by atomic mass is 16.1. The zero-order valence-electron chi connectivity index (χ0n) is 14.4. The first-order valence-electron chi connectivity index (χ1n) is 8.20. The molecule has 0 spiro atoms. The molecule has 0 fully saturated rings. The third-order valence-electron chi connectivity index (χ3n) is 3.98. The van der Waals surface area contributed by atoms with Crippen LogP contribution in [0, 0.1) is 18.3 Å². The quantitative estimate of drug-likeness (QED) is 0.736. The molecule has 0 saturated carbocycles. The van der Waals surface area contributed by atoms with E-state index in [-0.39, 0.29) is 5.91 Å². The Balaban J connectivity index is 1.69. The predicted octanol–water partition coefficient (Wildman–Crippen LogP) is 3.94. The number of nitrogens with zero attached hydrogens (tertiary/aromatic N) is 2. The topological polar surface area (TPSA) is 77.8 Å². The van der Waals surface area contributed by atoms with E-state index in [1.165, 1.54) is 6.20 Å². The van der Waals surface area contributed by atoms with Crippen molar-refractivity contribution in [2.45, 2.75) is 13.5 Å². The van der Waals surface area contributed by atoms with Gasteiger partial charge in [0.2, 0.25) is 0 Å². The first-order chi connectivity index (χ1) is 12.7. The molecule has 1 aromatic heterocycles. The average molecular weight is 342 g/mol. The number of benzene rings is 2. The zero-order valence-corrected chi connectivity index (χ0v) is 14.4. The molecule has 128 valence electrons. The number of aromatic nitrogens is 1.